The molecule has 96 valence electrons. The lowest BCUT2D eigenvalue weighted by atomic mass is 10.0. The van der Waals surface area contributed by atoms with Crippen molar-refractivity contribution >= 4 is 9.84 Å². The molecule has 0 fully saturated rings. The quantitative estimate of drug-likeness (QED) is 0.850. The molecule has 5 heteroatoms. The average molecular weight is 257 g/mol. The van der Waals surface area contributed by atoms with Gasteiger partial charge in [0.25, 0.3) is 0 Å². The zero-order chi connectivity index (χ0) is 13.2. The highest BCUT2D eigenvalue weighted by Crippen LogP contribution is 2.20. The molecule has 0 spiro atoms. The molecule has 0 aliphatic rings. The molecule has 0 aliphatic carbocycles. The van der Waals surface area contributed by atoms with Crippen LogP contribution in [0, 0.1) is 0 Å². The van der Waals surface area contributed by atoms with Gasteiger partial charge >= 0.3 is 0 Å². The van der Waals surface area contributed by atoms with Crippen molar-refractivity contribution in [2.24, 2.45) is 5.73 Å². The van der Waals surface area contributed by atoms with Crippen molar-refractivity contribution in [3.63, 3.8) is 0 Å². The second-order valence-corrected chi connectivity index (χ2v) is 6.97. The molecule has 1 rings (SSSR count). The molecule has 0 aliphatic heterocycles. The highest BCUT2D eigenvalue weighted by Gasteiger charge is 2.20. The predicted octanol–water partition coefficient (Wildman–Crippen LogP) is 1.25. The fourth-order valence-corrected chi connectivity index (χ4v) is 2.49. The highest BCUT2D eigenvalue weighted by molar-refractivity contribution is 7.92. The van der Waals surface area contributed by atoms with E-state index >= 15 is 0 Å². The van der Waals surface area contributed by atoms with E-state index < -0.39 is 21.2 Å². The van der Waals surface area contributed by atoms with Crippen LogP contribution in [0.2, 0.25) is 0 Å². The van der Waals surface area contributed by atoms with Crippen LogP contribution in [0.4, 0.5) is 0 Å². The molecule has 1 aromatic carbocycles. The number of aliphatic hydroxyl groups excluding tert-OH is 1. The van der Waals surface area contributed by atoms with Crippen LogP contribution >= 0.6 is 0 Å². The molecule has 0 amide bonds. The third kappa shape index (κ3) is 3.06. The summed E-state index contributed by atoms with van der Waals surface area (Å²) >= 11 is 0. The fraction of sp³-hybridized carbons (Fsp3) is 0.500. The number of rotatable bonds is 4. The Morgan fingerprint density at radius 2 is 1.59 bits per heavy atom. The predicted molar refractivity (Wildman–Crippen MR) is 67.4 cm³/mol. The van der Waals surface area contributed by atoms with Crippen molar-refractivity contribution in [2.75, 3.05) is 0 Å². The molecule has 0 bridgehead atoms. The first-order valence-corrected chi connectivity index (χ1v) is 7.09. The fourth-order valence-electron chi connectivity index (χ4n) is 1.43. The van der Waals surface area contributed by atoms with Crippen molar-refractivity contribution < 1.29 is 13.5 Å². The molecule has 2 unspecified atom stereocenters. The Kier molecular flexibility index (Phi) is 4.30. The van der Waals surface area contributed by atoms with Gasteiger partial charge in [-0.05, 0) is 38.5 Å². The number of hydrogen-bond donors (Lipinski definition) is 2. The number of benzene rings is 1. The van der Waals surface area contributed by atoms with Crippen molar-refractivity contribution in [3.8, 4) is 0 Å². The van der Waals surface area contributed by atoms with Gasteiger partial charge in [-0.15, -0.1) is 0 Å². The Labute approximate surface area is 102 Å². The monoisotopic (exact) mass is 257 g/mol. The number of sulfone groups is 1. The molecule has 2 atom stereocenters. The molecule has 0 aromatic heterocycles. The van der Waals surface area contributed by atoms with Crippen LogP contribution in [0.15, 0.2) is 29.2 Å². The van der Waals surface area contributed by atoms with Crippen LogP contribution in [-0.4, -0.2) is 24.8 Å². The summed E-state index contributed by atoms with van der Waals surface area (Å²) in [5.41, 5.74) is 6.20. The van der Waals surface area contributed by atoms with Gasteiger partial charge in [-0.3, -0.25) is 0 Å². The van der Waals surface area contributed by atoms with Crippen LogP contribution in [0.1, 0.15) is 32.4 Å². The molecular formula is C12H19NO3S. The second-order valence-electron chi connectivity index (χ2n) is 4.47. The molecule has 0 saturated heterocycles. The average Bonchev–Trinajstić information content (AvgIpc) is 2.27. The lowest BCUT2D eigenvalue weighted by molar-refractivity contribution is 0.153. The molecular weight excluding hydrogens is 238 g/mol. The Bertz CT molecular complexity index is 463. The van der Waals surface area contributed by atoms with E-state index in [1.54, 1.807) is 32.9 Å². The SMILES string of the molecule is CC(N)C(O)c1ccc(S(=O)(=O)C(C)C)cc1. The van der Waals surface area contributed by atoms with Crippen LogP contribution in [0.5, 0.6) is 0 Å². The van der Waals surface area contributed by atoms with Gasteiger partial charge in [0, 0.05) is 6.04 Å². The van der Waals surface area contributed by atoms with E-state index in [4.69, 9.17) is 5.73 Å². The van der Waals surface area contributed by atoms with Gasteiger partial charge in [0.05, 0.1) is 16.2 Å². The largest absolute Gasteiger partial charge is 0.387 e. The summed E-state index contributed by atoms with van der Waals surface area (Å²) in [5.74, 6) is 0. The lowest BCUT2D eigenvalue weighted by Crippen LogP contribution is -2.24. The number of aliphatic hydroxyl groups is 1. The van der Waals surface area contributed by atoms with E-state index in [9.17, 15) is 13.5 Å². The minimum absolute atomic E-state index is 0.271. The maximum absolute atomic E-state index is 11.9. The Balaban J connectivity index is 3.05. The normalized spacial score (nSPS) is 15.9. The van der Waals surface area contributed by atoms with Gasteiger partial charge in [0.1, 0.15) is 0 Å². The maximum atomic E-state index is 11.9. The first kappa shape index (κ1) is 14.2. The maximum Gasteiger partial charge on any atom is 0.180 e. The third-order valence-electron chi connectivity index (χ3n) is 2.67. The summed E-state index contributed by atoms with van der Waals surface area (Å²) in [6, 6.07) is 5.83. The van der Waals surface area contributed by atoms with E-state index in [2.05, 4.69) is 0 Å². The topological polar surface area (TPSA) is 80.4 Å². The van der Waals surface area contributed by atoms with Gasteiger partial charge in [0.2, 0.25) is 0 Å². The standard InChI is InChI=1S/C12H19NO3S/c1-8(2)17(15,16)11-6-4-10(5-7-11)12(14)9(3)13/h4-9,12,14H,13H2,1-3H3. The summed E-state index contributed by atoms with van der Waals surface area (Å²) in [6.07, 6.45) is -0.772. The zero-order valence-corrected chi connectivity index (χ0v) is 11.1. The van der Waals surface area contributed by atoms with Crippen molar-refractivity contribution in [3.05, 3.63) is 29.8 Å². The first-order valence-electron chi connectivity index (χ1n) is 5.54. The van der Waals surface area contributed by atoms with Gasteiger partial charge < -0.3 is 10.8 Å². The van der Waals surface area contributed by atoms with Crippen LogP contribution < -0.4 is 5.73 Å². The van der Waals surface area contributed by atoms with Gasteiger partial charge in [-0.1, -0.05) is 12.1 Å². The Morgan fingerprint density at radius 3 is 1.94 bits per heavy atom. The lowest BCUT2D eigenvalue weighted by Gasteiger charge is -2.15. The molecule has 17 heavy (non-hydrogen) atoms. The van der Waals surface area contributed by atoms with Gasteiger partial charge in [0.15, 0.2) is 9.84 Å². The van der Waals surface area contributed by atoms with Crippen LogP contribution in [0.25, 0.3) is 0 Å². The molecule has 4 nitrogen and oxygen atoms in total. The van der Waals surface area contributed by atoms with Crippen molar-refractivity contribution in [1.29, 1.82) is 0 Å². The summed E-state index contributed by atoms with van der Waals surface area (Å²) in [6.45, 7) is 4.98. The highest BCUT2D eigenvalue weighted by atomic mass is 32.2. The van der Waals surface area contributed by atoms with Crippen molar-refractivity contribution in [2.45, 2.75) is 43.1 Å². The summed E-state index contributed by atoms with van der Waals surface area (Å²) < 4.78 is 23.7. The molecule has 1 aromatic rings. The summed E-state index contributed by atoms with van der Waals surface area (Å²) in [5, 5.41) is 9.27. The molecule has 3 N–H and O–H groups in total. The van der Waals surface area contributed by atoms with E-state index in [0.29, 0.717) is 5.56 Å². The zero-order valence-electron chi connectivity index (χ0n) is 10.3. The summed E-state index contributed by atoms with van der Waals surface area (Å²) in [4.78, 5) is 0.271. The van der Waals surface area contributed by atoms with Crippen molar-refractivity contribution in [1.82, 2.24) is 0 Å². The third-order valence-corrected chi connectivity index (χ3v) is 4.84. The van der Waals surface area contributed by atoms with Crippen LogP contribution in [0.3, 0.4) is 0 Å². The van der Waals surface area contributed by atoms with Gasteiger partial charge in [-0.2, -0.15) is 0 Å². The molecule has 0 saturated carbocycles. The molecule has 0 heterocycles. The number of nitrogens with two attached hydrogens (primary N) is 1. The first-order chi connectivity index (χ1) is 7.76. The number of hydrogen-bond acceptors (Lipinski definition) is 4. The van der Waals surface area contributed by atoms with E-state index in [0.717, 1.165) is 0 Å². The van der Waals surface area contributed by atoms with Crippen LogP contribution in [-0.2, 0) is 9.84 Å². The minimum atomic E-state index is -3.25. The Morgan fingerprint density at radius 1 is 1.12 bits per heavy atom. The van der Waals surface area contributed by atoms with E-state index in [1.165, 1.54) is 12.1 Å². The minimum Gasteiger partial charge on any atom is -0.387 e. The molecule has 0 radical (unpaired) electrons. The Hall–Kier alpha value is -0.910. The van der Waals surface area contributed by atoms with Gasteiger partial charge in [-0.25, -0.2) is 8.42 Å². The van der Waals surface area contributed by atoms with E-state index in [1.807, 2.05) is 0 Å². The smallest absolute Gasteiger partial charge is 0.180 e. The summed E-state index contributed by atoms with van der Waals surface area (Å²) in [7, 11) is -3.25. The second kappa shape index (κ2) is 5.16. The van der Waals surface area contributed by atoms with E-state index in [-0.39, 0.29) is 10.9 Å².